The first-order valence-corrected chi connectivity index (χ1v) is 6.71. The standard InChI is InChI=1S/C15H24O2/c1-11(2)9-13(16)10-15(4)12-5-7-14(3,17-15)8-6-12/h9,12H,5-8,10H2,1-4H3/t12?,14?,15-/m0/s1. The van der Waals surface area contributed by atoms with Gasteiger partial charge in [-0.2, -0.15) is 0 Å². The first-order chi connectivity index (χ1) is 7.83. The summed E-state index contributed by atoms with van der Waals surface area (Å²) in [6, 6.07) is 0. The Kier molecular flexibility index (Phi) is 3.19. The number of ether oxygens (including phenoxy) is 1. The van der Waals surface area contributed by atoms with Crippen LogP contribution in [0.3, 0.4) is 0 Å². The van der Waals surface area contributed by atoms with Crippen LogP contribution >= 0.6 is 0 Å². The van der Waals surface area contributed by atoms with E-state index in [1.54, 1.807) is 6.08 Å². The molecule has 3 rings (SSSR count). The van der Waals surface area contributed by atoms with Crippen LogP contribution < -0.4 is 0 Å². The van der Waals surface area contributed by atoms with Crippen molar-refractivity contribution >= 4 is 5.78 Å². The van der Waals surface area contributed by atoms with Crippen LogP contribution in [-0.4, -0.2) is 17.0 Å². The number of rotatable bonds is 3. The van der Waals surface area contributed by atoms with Gasteiger partial charge in [-0.25, -0.2) is 0 Å². The summed E-state index contributed by atoms with van der Waals surface area (Å²) in [5.41, 5.74) is 0.869. The maximum atomic E-state index is 12.0. The molecule has 2 heteroatoms. The van der Waals surface area contributed by atoms with Gasteiger partial charge in [-0.1, -0.05) is 5.57 Å². The van der Waals surface area contributed by atoms with Gasteiger partial charge in [0.25, 0.3) is 0 Å². The number of ketones is 1. The number of fused-ring (bicyclic) bond motifs is 3. The van der Waals surface area contributed by atoms with Crippen LogP contribution in [0.15, 0.2) is 11.6 Å². The highest BCUT2D eigenvalue weighted by Crippen LogP contribution is 2.51. The molecule has 1 aliphatic carbocycles. The summed E-state index contributed by atoms with van der Waals surface area (Å²) in [6.07, 6.45) is 7.04. The third kappa shape index (κ3) is 2.62. The highest BCUT2D eigenvalue weighted by molar-refractivity contribution is 5.91. The molecule has 1 atom stereocenters. The number of hydrogen-bond acceptors (Lipinski definition) is 2. The molecule has 3 aliphatic rings. The number of hydrogen-bond donors (Lipinski definition) is 0. The largest absolute Gasteiger partial charge is 0.368 e. The zero-order valence-corrected chi connectivity index (χ0v) is 11.5. The Morgan fingerprint density at radius 3 is 2.35 bits per heavy atom. The van der Waals surface area contributed by atoms with Gasteiger partial charge in [0.05, 0.1) is 11.2 Å². The minimum absolute atomic E-state index is 0.0226. The summed E-state index contributed by atoms with van der Waals surface area (Å²) in [4.78, 5) is 12.0. The Hall–Kier alpha value is -0.630. The zero-order valence-electron chi connectivity index (χ0n) is 11.5. The predicted molar refractivity (Wildman–Crippen MR) is 68.9 cm³/mol. The average molecular weight is 236 g/mol. The van der Waals surface area contributed by atoms with Crippen molar-refractivity contribution < 1.29 is 9.53 Å². The molecule has 0 radical (unpaired) electrons. The lowest BCUT2D eigenvalue weighted by Crippen LogP contribution is -2.56. The van der Waals surface area contributed by atoms with E-state index in [1.807, 2.05) is 13.8 Å². The normalized spacial score (nSPS) is 40.1. The summed E-state index contributed by atoms with van der Waals surface area (Å²) >= 11 is 0. The number of carbonyl (C=O) groups is 1. The molecular formula is C15H24O2. The predicted octanol–water partition coefficient (Wildman–Crippen LogP) is 3.65. The van der Waals surface area contributed by atoms with Crippen LogP contribution in [0.4, 0.5) is 0 Å². The van der Waals surface area contributed by atoms with Crippen molar-refractivity contribution in [1.29, 1.82) is 0 Å². The van der Waals surface area contributed by atoms with Gasteiger partial charge in [0.2, 0.25) is 0 Å². The van der Waals surface area contributed by atoms with E-state index in [4.69, 9.17) is 4.74 Å². The van der Waals surface area contributed by atoms with Gasteiger partial charge in [0.15, 0.2) is 5.78 Å². The van der Waals surface area contributed by atoms with E-state index < -0.39 is 0 Å². The van der Waals surface area contributed by atoms with Crippen LogP contribution in [-0.2, 0) is 9.53 Å². The molecule has 2 nitrogen and oxygen atoms in total. The minimum atomic E-state index is -0.228. The molecule has 96 valence electrons. The Labute approximate surface area is 104 Å². The molecule has 0 unspecified atom stereocenters. The SMILES string of the molecule is CC(C)=CC(=O)C[C@]1(C)OC2(C)CCC1CC2. The van der Waals surface area contributed by atoms with Crippen molar-refractivity contribution in [2.75, 3.05) is 0 Å². The van der Waals surface area contributed by atoms with Crippen LogP contribution in [0.2, 0.25) is 0 Å². The molecule has 2 aliphatic heterocycles. The van der Waals surface area contributed by atoms with E-state index in [0.717, 1.165) is 18.4 Å². The van der Waals surface area contributed by atoms with Gasteiger partial charge in [-0.3, -0.25) is 4.79 Å². The quantitative estimate of drug-likeness (QED) is 0.699. The van der Waals surface area contributed by atoms with Gasteiger partial charge in [0, 0.05) is 6.42 Å². The van der Waals surface area contributed by atoms with E-state index in [2.05, 4.69) is 13.8 Å². The summed E-state index contributed by atoms with van der Waals surface area (Å²) in [5, 5.41) is 0. The smallest absolute Gasteiger partial charge is 0.158 e. The van der Waals surface area contributed by atoms with Gasteiger partial charge in [-0.15, -0.1) is 0 Å². The lowest BCUT2D eigenvalue weighted by atomic mass is 9.67. The van der Waals surface area contributed by atoms with Crippen LogP contribution in [0.5, 0.6) is 0 Å². The maximum Gasteiger partial charge on any atom is 0.158 e. The topological polar surface area (TPSA) is 26.3 Å². The molecule has 0 aromatic heterocycles. The van der Waals surface area contributed by atoms with E-state index in [1.165, 1.54) is 12.8 Å². The van der Waals surface area contributed by atoms with E-state index in [0.29, 0.717) is 12.3 Å². The van der Waals surface area contributed by atoms with Crippen molar-refractivity contribution in [2.24, 2.45) is 5.92 Å². The van der Waals surface area contributed by atoms with E-state index >= 15 is 0 Å². The fraction of sp³-hybridized carbons (Fsp3) is 0.800. The van der Waals surface area contributed by atoms with Gasteiger partial charge < -0.3 is 4.74 Å². The Bertz CT molecular complexity index is 344. The summed E-state index contributed by atoms with van der Waals surface area (Å²) < 4.78 is 6.26. The van der Waals surface area contributed by atoms with Crippen molar-refractivity contribution in [2.45, 2.75) is 71.0 Å². The second kappa shape index (κ2) is 4.24. The van der Waals surface area contributed by atoms with Crippen LogP contribution in [0.25, 0.3) is 0 Å². The zero-order chi connectivity index (χ0) is 12.7. The lowest BCUT2D eigenvalue weighted by molar-refractivity contribution is -0.238. The van der Waals surface area contributed by atoms with Gasteiger partial charge in [0.1, 0.15) is 0 Å². The van der Waals surface area contributed by atoms with E-state index in [-0.39, 0.29) is 17.0 Å². The van der Waals surface area contributed by atoms with Crippen molar-refractivity contribution in [3.05, 3.63) is 11.6 Å². The Morgan fingerprint density at radius 1 is 1.29 bits per heavy atom. The van der Waals surface area contributed by atoms with Crippen LogP contribution in [0.1, 0.15) is 59.8 Å². The van der Waals surface area contributed by atoms with Crippen molar-refractivity contribution in [3.63, 3.8) is 0 Å². The summed E-state index contributed by atoms with van der Waals surface area (Å²) in [7, 11) is 0. The Morgan fingerprint density at radius 2 is 1.88 bits per heavy atom. The lowest BCUT2D eigenvalue weighted by Gasteiger charge is -2.55. The molecule has 2 heterocycles. The van der Waals surface area contributed by atoms with E-state index in [9.17, 15) is 4.79 Å². The summed E-state index contributed by atoms with van der Waals surface area (Å²) in [5.74, 6) is 0.780. The third-order valence-electron chi connectivity index (χ3n) is 4.36. The summed E-state index contributed by atoms with van der Waals surface area (Å²) in [6.45, 7) is 8.27. The third-order valence-corrected chi connectivity index (χ3v) is 4.36. The first kappa shape index (κ1) is 12.8. The molecule has 0 N–H and O–H groups in total. The molecule has 0 spiro atoms. The molecule has 2 saturated heterocycles. The monoisotopic (exact) mass is 236 g/mol. The fourth-order valence-electron chi connectivity index (χ4n) is 3.49. The van der Waals surface area contributed by atoms with Crippen molar-refractivity contribution in [1.82, 2.24) is 0 Å². The molecule has 0 aromatic rings. The molecule has 2 bridgehead atoms. The fourth-order valence-corrected chi connectivity index (χ4v) is 3.49. The molecular weight excluding hydrogens is 212 g/mol. The highest BCUT2D eigenvalue weighted by Gasteiger charge is 2.51. The Balaban J connectivity index is 2.09. The maximum absolute atomic E-state index is 12.0. The van der Waals surface area contributed by atoms with Crippen molar-refractivity contribution in [3.8, 4) is 0 Å². The number of allylic oxidation sites excluding steroid dienone is 2. The first-order valence-electron chi connectivity index (χ1n) is 6.71. The minimum Gasteiger partial charge on any atom is -0.368 e. The second-order valence-corrected chi connectivity index (χ2v) is 6.50. The average Bonchev–Trinajstić information content (AvgIpc) is 2.14. The second-order valence-electron chi connectivity index (χ2n) is 6.50. The van der Waals surface area contributed by atoms with Gasteiger partial charge >= 0.3 is 0 Å². The molecule has 1 saturated carbocycles. The van der Waals surface area contributed by atoms with Gasteiger partial charge in [-0.05, 0) is 65.4 Å². The highest BCUT2D eigenvalue weighted by atomic mass is 16.5. The molecule has 0 aromatic carbocycles. The number of carbonyl (C=O) groups excluding carboxylic acids is 1. The molecule has 17 heavy (non-hydrogen) atoms. The van der Waals surface area contributed by atoms with Crippen LogP contribution in [0, 0.1) is 5.92 Å². The molecule has 3 fully saturated rings. The molecule has 0 amide bonds.